The van der Waals surface area contributed by atoms with E-state index >= 15 is 0 Å². The number of rotatable bonds is 3. The maximum atomic E-state index is 12.5. The summed E-state index contributed by atoms with van der Waals surface area (Å²) in [4.78, 5) is 17.0. The van der Waals surface area contributed by atoms with Crippen molar-refractivity contribution in [2.75, 3.05) is 14.2 Å². The van der Waals surface area contributed by atoms with Gasteiger partial charge in [-0.15, -0.1) is 0 Å². The summed E-state index contributed by atoms with van der Waals surface area (Å²) in [6, 6.07) is 3.78. The molecule has 1 fully saturated rings. The van der Waals surface area contributed by atoms with Gasteiger partial charge in [0.1, 0.15) is 5.82 Å². The Bertz CT molecular complexity index is 702. The van der Waals surface area contributed by atoms with Crippen LogP contribution in [0.3, 0.4) is 0 Å². The lowest BCUT2D eigenvalue weighted by atomic mass is 10.2. The molecule has 5 heteroatoms. The van der Waals surface area contributed by atoms with Crippen LogP contribution in [0.1, 0.15) is 24.7 Å². The summed E-state index contributed by atoms with van der Waals surface area (Å²) in [5.41, 5.74) is 0.656. The highest BCUT2D eigenvalue weighted by molar-refractivity contribution is 5.82. The summed E-state index contributed by atoms with van der Waals surface area (Å²) in [5.74, 6) is 1.90. The van der Waals surface area contributed by atoms with E-state index < -0.39 is 0 Å². The van der Waals surface area contributed by atoms with Crippen LogP contribution in [0.2, 0.25) is 0 Å². The van der Waals surface area contributed by atoms with Crippen LogP contribution in [0.15, 0.2) is 16.9 Å². The molecule has 0 radical (unpaired) electrons. The second kappa shape index (κ2) is 4.26. The number of aryl methyl sites for hydroxylation is 1. The van der Waals surface area contributed by atoms with Gasteiger partial charge >= 0.3 is 0 Å². The lowest BCUT2D eigenvalue weighted by Gasteiger charge is -2.12. The Labute approximate surface area is 110 Å². The molecule has 1 aliphatic carbocycles. The van der Waals surface area contributed by atoms with E-state index in [1.165, 1.54) is 0 Å². The molecular formula is C14H16N2O3. The van der Waals surface area contributed by atoms with Crippen LogP contribution in [0, 0.1) is 6.92 Å². The van der Waals surface area contributed by atoms with E-state index in [1.54, 1.807) is 30.9 Å². The third-order valence-electron chi connectivity index (χ3n) is 3.49. The summed E-state index contributed by atoms with van der Waals surface area (Å²) >= 11 is 0. The molecule has 1 aromatic carbocycles. The van der Waals surface area contributed by atoms with E-state index in [9.17, 15) is 4.79 Å². The van der Waals surface area contributed by atoms with Gasteiger partial charge in [0.2, 0.25) is 0 Å². The summed E-state index contributed by atoms with van der Waals surface area (Å²) in [6.45, 7) is 1.87. The number of ether oxygens (including phenoxy) is 2. The number of methoxy groups -OCH3 is 2. The molecule has 0 unspecified atom stereocenters. The number of hydrogen-bond donors (Lipinski definition) is 0. The molecule has 100 valence electrons. The van der Waals surface area contributed by atoms with Gasteiger partial charge in [0.25, 0.3) is 5.56 Å². The van der Waals surface area contributed by atoms with Gasteiger partial charge in [0.05, 0.1) is 25.1 Å². The molecule has 0 saturated heterocycles. The molecule has 5 nitrogen and oxygen atoms in total. The van der Waals surface area contributed by atoms with Crippen LogP contribution in [-0.4, -0.2) is 23.8 Å². The predicted molar refractivity (Wildman–Crippen MR) is 72.1 cm³/mol. The fourth-order valence-corrected chi connectivity index (χ4v) is 2.40. The SMILES string of the molecule is COc1cc2nc(C)n(C3CC3)c(=O)c2cc1OC. The molecule has 1 saturated carbocycles. The van der Waals surface area contributed by atoms with E-state index in [-0.39, 0.29) is 5.56 Å². The Kier molecular flexibility index (Phi) is 2.69. The molecule has 0 atom stereocenters. The van der Waals surface area contributed by atoms with Crippen LogP contribution < -0.4 is 15.0 Å². The largest absolute Gasteiger partial charge is 0.493 e. The van der Waals surface area contributed by atoms with Gasteiger partial charge < -0.3 is 9.47 Å². The van der Waals surface area contributed by atoms with Gasteiger partial charge in [-0.25, -0.2) is 4.98 Å². The molecule has 0 bridgehead atoms. The third-order valence-corrected chi connectivity index (χ3v) is 3.49. The van der Waals surface area contributed by atoms with Gasteiger partial charge in [-0.2, -0.15) is 0 Å². The van der Waals surface area contributed by atoms with Crippen molar-refractivity contribution in [3.63, 3.8) is 0 Å². The van der Waals surface area contributed by atoms with Crippen molar-refractivity contribution < 1.29 is 9.47 Å². The zero-order valence-electron chi connectivity index (χ0n) is 11.3. The normalized spacial score (nSPS) is 14.7. The Balaban J connectivity index is 2.33. The molecule has 0 spiro atoms. The highest BCUT2D eigenvalue weighted by Crippen LogP contribution is 2.35. The Hall–Kier alpha value is -2.04. The summed E-state index contributed by atoms with van der Waals surface area (Å²) in [5, 5.41) is 0.579. The van der Waals surface area contributed by atoms with Crippen LogP contribution in [0.25, 0.3) is 10.9 Å². The first-order chi connectivity index (χ1) is 9.15. The van der Waals surface area contributed by atoms with E-state index in [0.29, 0.717) is 28.4 Å². The molecule has 0 N–H and O–H groups in total. The minimum absolute atomic E-state index is 0.00551. The van der Waals surface area contributed by atoms with Crippen molar-refractivity contribution in [3.8, 4) is 11.5 Å². The zero-order chi connectivity index (χ0) is 13.6. The maximum absolute atomic E-state index is 12.5. The summed E-state index contributed by atoms with van der Waals surface area (Å²) in [7, 11) is 3.13. The molecule has 0 aliphatic heterocycles. The number of aromatic nitrogens is 2. The summed E-state index contributed by atoms with van der Waals surface area (Å²) in [6.07, 6.45) is 2.11. The van der Waals surface area contributed by atoms with E-state index in [1.807, 2.05) is 6.92 Å². The molecule has 19 heavy (non-hydrogen) atoms. The van der Waals surface area contributed by atoms with Crippen molar-refractivity contribution in [3.05, 3.63) is 28.3 Å². The van der Waals surface area contributed by atoms with Gasteiger partial charge in [0, 0.05) is 12.1 Å². The summed E-state index contributed by atoms with van der Waals surface area (Å²) < 4.78 is 12.3. The molecule has 2 aromatic rings. The van der Waals surface area contributed by atoms with Crippen LogP contribution in [-0.2, 0) is 0 Å². The highest BCUT2D eigenvalue weighted by atomic mass is 16.5. The van der Waals surface area contributed by atoms with Crippen molar-refractivity contribution in [2.45, 2.75) is 25.8 Å². The smallest absolute Gasteiger partial charge is 0.261 e. The lowest BCUT2D eigenvalue weighted by molar-refractivity contribution is 0.355. The number of hydrogen-bond acceptors (Lipinski definition) is 4. The lowest BCUT2D eigenvalue weighted by Crippen LogP contribution is -2.23. The van der Waals surface area contributed by atoms with Gasteiger partial charge in [-0.05, 0) is 25.8 Å². The van der Waals surface area contributed by atoms with Gasteiger partial charge in [-0.3, -0.25) is 9.36 Å². The van der Waals surface area contributed by atoms with E-state index in [0.717, 1.165) is 18.7 Å². The minimum atomic E-state index is 0.00551. The van der Waals surface area contributed by atoms with Crippen LogP contribution in [0.4, 0.5) is 0 Å². The fraction of sp³-hybridized carbons (Fsp3) is 0.429. The molecule has 0 amide bonds. The van der Waals surface area contributed by atoms with E-state index in [2.05, 4.69) is 4.98 Å². The molecule has 1 heterocycles. The Morgan fingerprint density at radius 1 is 1.21 bits per heavy atom. The van der Waals surface area contributed by atoms with Gasteiger partial charge in [0.15, 0.2) is 11.5 Å². The molecular weight excluding hydrogens is 244 g/mol. The van der Waals surface area contributed by atoms with Crippen LogP contribution in [0.5, 0.6) is 11.5 Å². The van der Waals surface area contributed by atoms with Crippen molar-refractivity contribution >= 4 is 10.9 Å². The molecule has 1 aromatic heterocycles. The fourth-order valence-electron chi connectivity index (χ4n) is 2.40. The number of nitrogens with zero attached hydrogens (tertiary/aromatic N) is 2. The van der Waals surface area contributed by atoms with Crippen LogP contribution >= 0.6 is 0 Å². The zero-order valence-corrected chi connectivity index (χ0v) is 11.3. The maximum Gasteiger partial charge on any atom is 0.261 e. The average Bonchev–Trinajstić information content (AvgIpc) is 3.22. The van der Waals surface area contributed by atoms with Gasteiger partial charge in [-0.1, -0.05) is 0 Å². The molecule has 3 rings (SSSR count). The van der Waals surface area contributed by atoms with Crippen molar-refractivity contribution in [2.24, 2.45) is 0 Å². The third kappa shape index (κ3) is 1.85. The quantitative estimate of drug-likeness (QED) is 0.847. The number of fused-ring (bicyclic) bond motifs is 1. The monoisotopic (exact) mass is 260 g/mol. The topological polar surface area (TPSA) is 53.4 Å². The van der Waals surface area contributed by atoms with E-state index in [4.69, 9.17) is 9.47 Å². The minimum Gasteiger partial charge on any atom is -0.493 e. The highest BCUT2D eigenvalue weighted by Gasteiger charge is 2.27. The average molecular weight is 260 g/mol. The van der Waals surface area contributed by atoms with Crippen molar-refractivity contribution in [1.29, 1.82) is 0 Å². The first-order valence-corrected chi connectivity index (χ1v) is 6.30. The molecule has 1 aliphatic rings. The second-order valence-corrected chi connectivity index (χ2v) is 4.79. The van der Waals surface area contributed by atoms with Crippen molar-refractivity contribution in [1.82, 2.24) is 9.55 Å². The second-order valence-electron chi connectivity index (χ2n) is 4.79. The first kappa shape index (κ1) is 12.0. The first-order valence-electron chi connectivity index (χ1n) is 6.30. The Morgan fingerprint density at radius 3 is 2.42 bits per heavy atom. The predicted octanol–water partition coefficient (Wildman–Crippen LogP) is 2.06. The Morgan fingerprint density at radius 2 is 1.84 bits per heavy atom. The number of benzene rings is 1. The standard InChI is InChI=1S/C14H16N2O3/c1-8-15-11-7-13(19-3)12(18-2)6-10(11)14(17)16(8)9-4-5-9/h6-7,9H,4-5H2,1-3H3.